The lowest BCUT2D eigenvalue weighted by Crippen LogP contribution is -2.30. The third-order valence-corrected chi connectivity index (χ3v) is 3.86. The van der Waals surface area contributed by atoms with Gasteiger partial charge in [-0.15, -0.1) is 0 Å². The zero-order valence-electron chi connectivity index (χ0n) is 11.4. The van der Waals surface area contributed by atoms with E-state index in [2.05, 4.69) is 33.5 Å². The molecular weight excluding hydrogens is 248 g/mol. The van der Waals surface area contributed by atoms with Crippen molar-refractivity contribution in [2.45, 2.75) is 45.8 Å². The molecule has 2 heterocycles. The molecule has 0 saturated heterocycles. The summed E-state index contributed by atoms with van der Waals surface area (Å²) in [7, 11) is 1.77. The zero-order valence-corrected chi connectivity index (χ0v) is 12.1. The molecule has 1 aliphatic heterocycles. The topological polar surface area (TPSA) is 33.4 Å². The summed E-state index contributed by atoms with van der Waals surface area (Å²) in [5.41, 5.74) is 2.10. The predicted octanol–water partition coefficient (Wildman–Crippen LogP) is 2.39. The van der Waals surface area contributed by atoms with Crippen molar-refractivity contribution in [3.8, 4) is 0 Å². The second-order valence-corrected chi connectivity index (χ2v) is 5.37. The molecule has 0 N–H and O–H groups in total. The Bertz CT molecular complexity index is 436. The van der Waals surface area contributed by atoms with Crippen LogP contribution in [-0.2, 0) is 19.5 Å². The van der Waals surface area contributed by atoms with Gasteiger partial charge in [0.15, 0.2) is 0 Å². The van der Waals surface area contributed by atoms with Crippen molar-refractivity contribution in [1.29, 1.82) is 0 Å². The minimum atomic E-state index is 0.545. The normalized spacial score (nSPS) is 17.4. The van der Waals surface area contributed by atoms with Crippen LogP contribution in [0.3, 0.4) is 0 Å². The van der Waals surface area contributed by atoms with E-state index in [4.69, 9.17) is 11.6 Å². The summed E-state index contributed by atoms with van der Waals surface area (Å²) in [5.74, 6) is 0. The van der Waals surface area contributed by atoms with Crippen LogP contribution in [0.1, 0.15) is 31.7 Å². The Morgan fingerprint density at radius 1 is 1.44 bits per heavy atom. The Labute approximate surface area is 114 Å². The van der Waals surface area contributed by atoms with Gasteiger partial charge in [-0.1, -0.05) is 11.6 Å². The largest absolute Gasteiger partial charge is 0.300 e. The fourth-order valence-electron chi connectivity index (χ4n) is 2.31. The third-order valence-electron chi connectivity index (χ3n) is 3.43. The fraction of sp³-hybridized carbons (Fsp3) is 0.692. The van der Waals surface area contributed by atoms with E-state index in [-0.39, 0.29) is 0 Å². The van der Waals surface area contributed by atoms with Gasteiger partial charge in [0.1, 0.15) is 0 Å². The summed E-state index contributed by atoms with van der Waals surface area (Å²) in [6.07, 6.45) is 3.70. The molecule has 0 atom stereocenters. The lowest BCUT2D eigenvalue weighted by Gasteiger charge is -2.23. The number of hydrogen-bond acceptors (Lipinski definition) is 3. The van der Waals surface area contributed by atoms with Gasteiger partial charge in [0, 0.05) is 45.4 Å². The maximum atomic E-state index is 6.45. The lowest BCUT2D eigenvalue weighted by atomic mass is 10.2. The molecule has 0 saturated carbocycles. The second-order valence-electron chi connectivity index (χ2n) is 4.99. The molecule has 5 heteroatoms. The van der Waals surface area contributed by atoms with Crippen LogP contribution in [0, 0.1) is 0 Å². The first kappa shape index (κ1) is 13.6. The van der Waals surface area contributed by atoms with Gasteiger partial charge >= 0.3 is 0 Å². The van der Waals surface area contributed by atoms with E-state index in [0.29, 0.717) is 6.04 Å². The van der Waals surface area contributed by atoms with Gasteiger partial charge in [-0.2, -0.15) is 5.10 Å². The molecule has 0 spiro atoms. The van der Waals surface area contributed by atoms with Crippen molar-refractivity contribution in [2.75, 3.05) is 13.6 Å². The van der Waals surface area contributed by atoms with Crippen molar-refractivity contribution < 1.29 is 0 Å². The quantitative estimate of drug-likeness (QED) is 0.789. The van der Waals surface area contributed by atoms with Crippen molar-refractivity contribution >= 4 is 17.8 Å². The van der Waals surface area contributed by atoms with Crippen LogP contribution >= 0.6 is 11.6 Å². The smallest absolute Gasteiger partial charge is 0.0867 e. The molecule has 1 aromatic rings. The van der Waals surface area contributed by atoms with Crippen molar-refractivity contribution in [2.24, 2.45) is 4.99 Å². The molecule has 1 aromatic heterocycles. The molecule has 0 radical (unpaired) electrons. The fourth-order valence-corrected chi connectivity index (χ4v) is 2.58. The van der Waals surface area contributed by atoms with Crippen molar-refractivity contribution in [3.05, 3.63) is 16.4 Å². The molecule has 2 rings (SSSR count). The Balaban J connectivity index is 2.26. The van der Waals surface area contributed by atoms with Crippen LogP contribution in [0.15, 0.2) is 4.99 Å². The van der Waals surface area contributed by atoms with Crippen molar-refractivity contribution in [1.82, 2.24) is 14.7 Å². The number of rotatable bonds is 3. The van der Waals surface area contributed by atoms with Gasteiger partial charge in [0.2, 0.25) is 0 Å². The van der Waals surface area contributed by atoms with Gasteiger partial charge in [0.25, 0.3) is 0 Å². The van der Waals surface area contributed by atoms with E-state index < -0.39 is 0 Å². The first-order chi connectivity index (χ1) is 8.63. The number of nitrogens with zero attached hydrogens (tertiary/aromatic N) is 4. The summed E-state index contributed by atoms with van der Waals surface area (Å²) in [6, 6.07) is 0.545. The van der Waals surface area contributed by atoms with Crippen LogP contribution in [0.2, 0.25) is 5.02 Å². The number of fused-ring (bicyclic) bond motifs is 1. The summed E-state index contributed by atoms with van der Waals surface area (Å²) in [5, 5.41) is 5.43. The minimum absolute atomic E-state index is 0.545. The summed E-state index contributed by atoms with van der Waals surface area (Å²) in [6.45, 7) is 7.42. The Kier molecular flexibility index (Phi) is 4.40. The van der Waals surface area contributed by atoms with E-state index in [9.17, 15) is 0 Å². The second kappa shape index (κ2) is 5.85. The number of aryl methyl sites for hydroxylation is 1. The van der Waals surface area contributed by atoms with E-state index in [0.717, 1.165) is 48.9 Å². The third kappa shape index (κ3) is 2.75. The number of aliphatic imine (C=N–C) groups is 1. The van der Waals surface area contributed by atoms with Crippen LogP contribution in [0.5, 0.6) is 0 Å². The number of hydrogen-bond donors (Lipinski definition) is 0. The standard InChI is InChI=1S/C13H21ClN4/c1-10(2)17-7-4-8-18-12(9-17)13(14)11(16-18)5-6-15-3/h6,10H,4-5,7-9H2,1-3H3/b15-6-. The first-order valence-corrected chi connectivity index (χ1v) is 6.90. The monoisotopic (exact) mass is 268 g/mol. The Morgan fingerprint density at radius 3 is 2.89 bits per heavy atom. The van der Waals surface area contributed by atoms with Gasteiger partial charge in [-0.3, -0.25) is 9.58 Å². The molecular formula is C13H21ClN4. The molecule has 0 aromatic carbocycles. The van der Waals surface area contributed by atoms with Gasteiger partial charge < -0.3 is 4.99 Å². The first-order valence-electron chi connectivity index (χ1n) is 6.52. The van der Waals surface area contributed by atoms with Crippen LogP contribution in [0.4, 0.5) is 0 Å². The summed E-state index contributed by atoms with van der Waals surface area (Å²) < 4.78 is 2.07. The van der Waals surface area contributed by atoms with Gasteiger partial charge in [-0.05, 0) is 20.3 Å². The summed E-state index contributed by atoms with van der Waals surface area (Å²) >= 11 is 6.45. The van der Waals surface area contributed by atoms with E-state index in [1.807, 2.05) is 6.21 Å². The van der Waals surface area contributed by atoms with E-state index >= 15 is 0 Å². The van der Waals surface area contributed by atoms with Gasteiger partial charge in [0.05, 0.1) is 16.4 Å². The molecule has 0 fully saturated rings. The number of aromatic nitrogens is 2. The van der Waals surface area contributed by atoms with E-state index in [1.165, 1.54) is 0 Å². The van der Waals surface area contributed by atoms with E-state index in [1.54, 1.807) is 7.05 Å². The van der Waals surface area contributed by atoms with Crippen LogP contribution in [0.25, 0.3) is 0 Å². The highest BCUT2D eigenvalue weighted by Crippen LogP contribution is 2.25. The highest BCUT2D eigenvalue weighted by Gasteiger charge is 2.22. The summed E-state index contributed by atoms with van der Waals surface area (Å²) in [4.78, 5) is 6.45. The zero-order chi connectivity index (χ0) is 13.1. The minimum Gasteiger partial charge on any atom is -0.300 e. The van der Waals surface area contributed by atoms with Crippen LogP contribution < -0.4 is 0 Å². The molecule has 100 valence electrons. The average Bonchev–Trinajstić information content (AvgIpc) is 2.54. The predicted molar refractivity (Wildman–Crippen MR) is 75.5 cm³/mol. The van der Waals surface area contributed by atoms with Crippen molar-refractivity contribution in [3.63, 3.8) is 0 Å². The average molecular weight is 269 g/mol. The molecule has 0 amide bonds. The lowest BCUT2D eigenvalue weighted by molar-refractivity contribution is 0.216. The highest BCUT2D eigenvalue weighted by atomic mass is 35.5. The molecule has 0 bridgehead atoms. The maximum absolute atomic E-state index is 6.45. The maximum Gasteiger partial charge on any atom is 0.0867 e. The van der Waals surface area contributed by atoms with Crippen LogP contribution in [-0.4, -0.2) is 40.5 Å². The molecule has 0 aliphatic carbocycles. The van der Waals surface area contributed by atoms with Gasteiger partial charge in [-0.25, -0.2) is 0 Å². The molecule has 0 unspecified atom stereocenters. The SMILES string of the molecule is C/N=C\Cc1nn2c(c1Cl)CN(C(C)C)CCC2. The molecule has 1 aliphatic rings. The Morgan fingerprint density at radius 2 is 2.22 bits per heavy atom. The Hall–Kier alpha value is -0.870. The number of halogens is 1. The molecule has 4 nitrogen and oxygen atoms in total. The molecule has 18 heavy (non-hydrogen) atoms. The highest BCUT2D eigenvalue weighted by molar-refractivity contribution is 6.32.